The fourth-order valence-corrected chi connectivity index (χ4v) is 2.69. The first-order valence-electron chi connectivity index (χ1n) is 7.17. The molecular weight excluding hydrogens is 220 g/mol. The van der Waals surface area contributed by atoms with Crippen LogP contribution in [0, 0.1) is 0 Å². The van der Waals surface area contributed by atoms with Crippen molar-refractivity contribution in [3.8, 4) is 0 Å². The molecule has 0 atom stereocenters. The Morgan fingerprint density at radius 2 is 2.06 bits per heavy atom. The normalized spacial score (nSPS) is 16.0. The van der Waals surface area contributed by atoms with E-state index in [-0.39, 0.29) is 0 Å². The first-order chi connectivity index (χ1) is 8.69. The van der Waals surface area contributed by atoms with Gasteiger partial charge in [0.05, 0.1) is 0 Å². The molecule has 18 heavy (non-hydrogen) atoms. The number of hydrogen-bond acceptors (Lipinski definition) is 2. The van der Waals surface area contributed by atoms with E-state index < -0.39 is 0 Å². The zero-order valence-corrected chi connectivity index (χ0v) is 12.1. The Kier molecular flexibility index (Phi) is 4.79. The highest BCUT2D eigenvalue weighted by atomic mass is 15.1. The van der Waals surface area contributed by atoms with Gasteiger partial charge in [0.15, 0.2) is 0 Å². The van der Waals surface area contributed by atoms with Gasteiger partial charge >= 0.3 is 0 Å². The second-order valence-corrected chi connectivity index (χ2v) is 5.64. The van der Waals surface area contributed by atoms with Gasteiger partial charge in [-0.15, -0.1) is 0 Å². The fraction of sp³-hybridized carbons (Fsp3) is 0.625. The van der Waals surface area contributed by atoms with Crippen molar-refractivity contribution in [2.24, 2.45) is 0 Å². The van der Waals surface area contributed by atoms with E-state index in [2.05, 4.69) is 49.0 Å². The van der Waals surface area contributed by atoms with Gasteiger partial charge in [-0.05, 0) is 63.1 Å². The largest absolute Gasteiger partial charge is 0.309 e. The van der Waals surface area contributed by atoms with E-state index in [1.807, 2.05) is 0 Å². The lowest BCUT2D eigenvalue weighted by Gasteiger charge is -2.29. The average molecular weight is 246 g/mol. The second-order valence-electron chi connectivity index (χ2n) is 5.64. The monoisotopic (exact) mass is 246 g/mol. The third kappa shape index (κ3) is 3.56. The molecule has 0 aliphatic carbocycles. The molecule has 0 unspecified atom stereocenters. The minimum absolute atomic E-state index is 1.15. The summed E-state index contributed by atoms with van der Waals surface area (Å²) in [6.07, 6.45) is 3.65. The van der Waals surface area contributed by atoms with E-state index in [4.69, 9.17) is 0 Å². The molecule has 0 spiro atoms. The summed E-state index contributed by atoms with van der Waals surface area (Å²) in [5, 5.41) is 0. The van der Waals surface area contributed by atoms with E-state index >= 15 is 0 Å². The van der Waals surface area contributed by atoms with Crippen molar-refractivity contribution in [3.63, 3.8) is 0 Å². The zero-order valence-electron chi connectivity index (χ0n) is 12.1. The lowest BCUT2D eigenvalue weighted by atomic mass is 9.96. The maximum atomic E-state index is 2.59. The van der Waals surface area contributed by atoms with Crippen LogP contribution in [0.1, 0.15) is 30.0 Å². The molecule has 1 aromatic carbocycles. The predicted octanol–water partition coefficient (Wildman–Crippen LogP) is 2.56. The number of aryl methyl sites for hydroxylation is 1. The summed E-state index contributed by atoms with van der Waals surface area (Å²) in [7, 11) is 4.30. The Morgan fingerprint density at radius 3 is 2.78 bits per heavy atom. The molecule has 0 saturated carbocycles. The molecule has 1 heterocycles. The zero-order chi connectivity index (χ0) is 13.0. The predicted molar refractivity (Wildman–Crippen MR) is 78.0 cm³/mol. The van der Waals surface area contributed by atoms with E-state index in [0.717, 1.165) is 13.0 Å². The summed E-state index contributed by atoms with van der Waals surface area (Å²) < 4.78 is 0. The van der Waals surface area contributed by atoms with Gasteiger partial charge in [-0.2, -0.15) is 0 Å². The molecule has 1 aliphatic heterocycles. The third-order valence-electron chi connectivity index (χ3n) is 3.85. The summed E-state index contributed by atoms with van der Waals surface area (Å²) in [5.41, 5.74) is 4.61. The molecule has 0 fully saturated rings. The lowest BCUT2D eigenvalue weighted by Crippen LogP contribution is -2.32. The minimum Gasteiger partial charge on any atom is -0.309 e. The van der Waals surface area contributed by atoms with Crippen molar-refractivity contribution in [2.45, 2.75) is 32.7 Å². The minimum atomic E-state index is 1.15. The van der Waals surface area contributed by atoms with Crippen LogP contribution in [-0.4, -0.2) is 43.5 Å². The maximum absolute atomic E-state index is 2.59. The van der Waals surface area contributed by atoms with Gasteiger partial charge in [0, 0.05) is 13.1 Å². The van der Waals surface area contributed by atoms with Crippen molar-refractivity contribution >= 4 is 0 Å². The molecule has 0 saturated heterocycles. The number of nitrogens with zero attached hydrogens (tertiary/aromatic N) is 2. The number of benzene rings is 1. The second kappa shape index (κ2) is 6.35. The fourth-order valence-electron chi connectivity index (χ4n) is 2.69. The van der Waals surface area contributed by atoms with E-state index in [1.165, 1.54) is 38.0 Å². The molecule has 1 aliphatic rings. The summed E-state index contributed by atoms with van der Waals surface area (Å²) in [6, 6.07) is 7.04. The summed E-state index contributed by atoms with van der Waals surface area (Å²) >= 11 is 0. The van der Waals surface area contributed by atoms with Gasteiger partial charge in [-0.25, -0.2) is 0 Å². The third-order valence-corrected chi connectivity index (χ3v) is 3.85. The van der Waals surface area contributed by atoms with Crippen LogP contribution in [0.2, 0.25) is 0 Å². The SMILES string of the molecule is CCc1ccc2c(c1)CCN(CCCN(C)C)C2. The molecule has 0 bridgehead atoms. The molecule has 2 rings (SSSR count). The lowest BCUT2D eigenvalue weighted by molar-refractivity contribution is 0.238. The van der Waals surface area contributed by atoms with E-state index in [0.29, 0.717) is 0 Å². The van der Waals surface area contributed by atoms with Crippen LogP contribution in [0.4, 0.5) is 0 Å². The summed E-state index contributed by atoms with van der Waals surface area (Å²) in [4.78, 5) is 4.86. The summed E-state index contributed by atoms with van der Waals surface area (Å²) in [6.45, 7) is 7.03. The quantitative estimate of drug-likeness (QED) is 0.788. The first-order valence-corrected chi connectivity index (χ1v) is 7.17. The van der Waals surface area contributed by atoms with Gasteiger partial charge < -0.3 is 4.90 Å². The van der Waals surface area contributed by atoms with Crippen molar-refractivity contribution in [1.82, 2.24) is 9.80 Å². The number of rotatable bonds is 5. The molecular formula is C16H26N2. The molecule has 1 aromatic rings. The van der Waals surface area contributed by atoms with Crippen molar-refractivity contribution in [1.29, 1.82) is 0 Å². The Morgan fingerprint density at radius 1 is 1.22 bits per heavy atom. The van der Waals surface area contributed by atoms with Crippen LogP contribution in [0.25, 0.3) is 0 Å². The molecule has 100 valence electrons. The van der Waals surface area contributed by atoms with Gasteiger partial charge in [0.25, 0.3) is 0 Å². The molecule has 0 radical (unpaired) electrons. The van der Waals surface area contributed by atoms with Crippen LogP contribution in [0.3, 0.4) is 0 Å². The number of fused-ring (bicyclic) bond motifs is 1. The Balaban J connectivity index is 1.90. The highest BCUT2D eigenvalue weighted by Crippen LogP contribution is 2.20. The maximum Gasteiger partial charge on any atom is 0.0236 e. The molecule has 0 aromatic heterocycles. The molecule has 0 amide bonds. The standard InChI is InChI=1S/C16H26N2/c1-4-14-6-7-16-13-18(10-5-9-17(2)3)11-8-15(16)12-14/h6-7,12H,4-5,8-11,13H2,1-3H3. The molecule has 0 N–H and O–H groups in total. The molecule has 2 heteroatoms. The Hall–Kier alpha value is -0.860. The van der Waals surface area contributed by atoms with Gasteiger partial charge in [0.2, 0.25) is 0 Å². The molecule has 2 nitrogen and oxygen atoms in total. The Labute approximate surface area is 112 Å². The highest BCUT2D eigenvalue weighted by molar-refractivity contribution is 5.33. The van der Waals surface area contributed by atoms with E-state index in [9.17, 15) is 0 Å². The smallest absolute Gasteiger partial charge is 0.0236 e. The van der Waals surface area contributed by atoms with Crippen LogP contribution >= 0.6 is 0 Å². The Bertz CT molecular complexity index is 385. The van der Waals surface area contributed by atoms with Crippen LogP contribution < -0.4 is 0 Å². The van der Waals surface area contributed by atoms with Gasteiger partial charge in [-0.1, -0.05) is 25.1 Å². The first kappa shape index (κ1) is 13.6. The van der Waals surface area contributed by atoms with Gasteiger partial charge in [-0.3, -0.25) is 4.90 Å². The number of hydrogen-bond donors (Lipinski definition) is 0. The van der Waals surface area contributed by atoms with Crippen molar-refractivity contribution in [3.05, 3.63) is 34.9 Å². The topological polar surface area (TPSA) is 6.48 Å². The summed E-state index contributed by atoms with van der Waals surface area (Å²) in [5.74, 6) is 0. The van der Waals surface area contributed by atoms with E-state index in [1.54, 1.807) is 11.1 Å². The highest BCUT2D eigenvalue weighted by Gasteiger charge is 2.15. The van der Waals surface area contributed by atoms with Crippen LogP contribution in [0.15, 0.2) is 18.2 Å². The van der Waals surface area contributed by atoms with Gasteiger partial charge in [0.1, 0.15) is 0 Å². The van der Waals surface area contributed by atoms with Crippen molar-refractivity contribution < 1.29 is 0 Å². The van der Waals surface area contributed by atoms with Crippen molar-refractivity contribution in [2.75, 3.05) is 33.7 Å². The average Bonchev–Trinajstić information content (AvgIpc) is 2.37. The van der Waals surface area contributed by atoms with Crippen LogP contribution in [0.5, 0.6) is 0 Å². The van der Waals surface area contributed by atoms with Crippen LogP contribution in [-0.2, 0) is 19.4 Å².